The number of imidazole rings is 1. The molecular weight excluding hydrogens is 416 g/mol. The Hall–Kier alpha value is -2.13. The molecule has 170 valence electrons. The van der Waals surface area contributed by atoms with Crippen LogP contribution in [-0.2, 0) is 4.79 Å². The van der Waals surface area contributed by atoms with Gasteiger partial charge in [0.25, 0.3) is 0 Å². The minimum Gasteiger partial charge on any atom is -0.365 e. The summed E-state index contributed by atoms with van der Waals surface area (Å²) in [6.45, 7) is 3.52. The molecule has 1 amide bonds. The third kappa shape index (κ3) is 5.98. The minimum atomic E-state index is -0.156. The van der Waals surface area contributed by atoms with Gasteiger partial charge in [-0.15, -0.1) is 11.6 Å². The number of alkyl halides is 1. The van der Waals surface area contributed by atoms with E-state index in [1.165, 1.54) is 32.1 Å². The fourth-order valence-electron chi connectivity index (χ4n) is 4.63. The number of nitrogens with zero attached hydrogens (tertiary/aromatic N) is 4. The molecular formula is C21H33ClN8O. The molecule has 1 aliphatic heterocycles. The zero-order valence-electron chi connectivity index (χ0n) is 18.0. The Morgan fingerprint density at radius 1 is 1.13 bits per heavy atom. The van der Waals surface area contributed by atoms with Crippen LogP contribution in [0.25, 0.3) is 11.2 Å². The monoisotopic (exact) mass is 448 g/mol. The number of hydrogen-bond donors (Lipinski definition) is 4. The van der Waals surface area contributed by atoms with Crippen molar-refractivity contribution in [3.05, 3.63) is 6.33 Å². The number of H-pyrrole nitrogens is 1. The smallest absolute Gasteiger partial charge is 0.234 e. The van der Waals surface area contributed by atoms with E-state index in [1.807, 2.05) is 0 Å². The van der Waals surface area contributed by atoms with E-state index in [0.29, 0.717) is 30.7 Å². The van der Waals surface area contributed by atoms with Crippen LogP contribution in [0.3, 0.4) is 0 Å². The first kappa shape index (κ1) is 22.1. The first-order chi connectivity index (χ1) is 15.2. The number of carbonyl (C=O) groups is 1. The number of fused-ring (bicyclic) bond motifs is 1. The van der Waals surface area contributed by atoms with Gasteiger partial charge in [-0.1, -0.05) is 19.3 Å². The van der Waals surface area contributed by atoms with Crippen LogP contribution in [0.2, 0.25) is 0 Å². The van der Waals surface area contributed by atoms with Crippen LogP contribution in [0.1, 0.15) is 51.4 Å². The summed E-state index contributed by atoms with van der Waals surface area (Å²) in [5, 5.41) is 9.63. The van der Waals surface area contributed by atoms with Gasteiger partial charge in [-0.3, -0.25) is 4.79 Å². The normalized spacial score (nSPS) is 18.9. The number of hydrogen-bond acceptors (Lipinski definition) is 7. The number of carbonyl (C=O) groups excluding carboxylic acids is 1. The van der Waals surface area contributed by atoms with Crippen LogP contribution in [0.4, 0.5) is 11.8 Å². The van der Waals surface area contributed by atoms with Gasteiger partial charge in [-0.25, -0.2) is 4.98 Å². The molecule has 2 aliphatic rings. The van der Waals surface area contributed by atoms with Crippen molar-refractivity contribution in [2.45, 2.75) is 63.5 Å². The van der Waals surface area contributed by atoms with E-state index in [-0.39, 0.29) is 11.8 Å². The molecule has 0 bridgehead atoms. The molecule has 2 fully saturated rings. The molecule has 0 spiro atoms. The largest absolute Gasteiger partial charge is 0.365 e. The van der Waals surface area contributed by atoms with Crippen molar-refractivity contribution >= 4 is 40.4 Å². The lowest BCUT2D eigenvalue weighted by Crippen LogP contribution is -2.45. The lowest BCUT2D eigenvalue weighted by molar-refractivity contribution is -0.118. The Labute approximate surface area is 188 Å². The van der Waals surface area contributed by atoms with Crippen molar-refractivity contribution < 1.29 is 4.79 Å². The summed E-state index contributed by atoms with van der Waals surface area (Å²) in [5.74, 6) is 1.18. The van der Waals surface area contributed by atoms with Crippen molar-refractivity contribution in [1.29, 1.82) is 0 Å². The van der Waals surface area contributed by atoms with Gasteiger partial charge in [0.2, 0.25) is 11.9 Å². The highest BCUT2D eigenvalue weighted by molar-refractivity contribution is 6.27. The lowest BCUT2D eigenvalue weighted by Gasteiger charge is -2.39. The molecule has 0 atom stereocenters. The molecule has 0 aromatic carbocycles. The van der Waals surface area contributed by atoms with Gasteiger partial charge in [0.05, 0.1) is 6.33 Å². The van der Waals surface area contributed by atoms with Crippen molar-refractivity contribution in [1.82, 2.24) is 30.2 Å². The third-order valence-electron chi connectivity index (χ3n) is 6.33. The predicted octanol–water partition coefficient (Wildman–Crippen LogP) is 2.72. The Kier molecular flexibility index (Phi) is 7.80. The van der Waals surface area contributed by atoms with Gasteiger partial charge < -0.3 is 25.8 Å². The van der Waals surface area contributed by atoms with Crippen molar-refractivity contribution in [3.63, 3.8) is 0 Å². The minimum absolute atomic E-state index is 0.0129. The van der Waals surface area contributed by atoms with Gasteiger partial charge in [-0.2, -0.15) is 9.97 Å². The van der Waals surface area contributed by atoms with Gasteiger partial charge in [-0.05, 0) is 32.1 Å². The summed E-state index contributed by atoms with van der Waals surface area (Å²) < 4.78 is 0. The van der Waals surface area contributed by atoms with Crippen LogP contribution in [-0.4, -0.2) is 74.9 Å². The van der Waals surface area contributed by atoms with Gasteiger partial charge >= 0.3 is 0 Å². The highest BCUT2D eigenvalue weighted by Crippen LogP contribution is 2.27. The molecule has 2 aromatic heterocycles. The second-order valence-corrected chi connectivity index (χ2v) is 8.77. The van der Waals surface area contributed by atoms with Crippen LogP contribution < -0.4 is 16.0 Å². The summed E-state index contributed by atoms with van der Waals surface area (Å²) in [6.07, 6.45) is 11.6. The molecule has 1 saturated carbocycles. The maximum absolute atomic E-state index is 11.2. The number of likely N-dealkylation sites (tertiary alicyclic amines) is 1. The highest BCUT2D eigenvalue weighted by Gasteiger charge is 2.26. The van der Waals surface area contributed by atoms with Crippen molar-refractivity contribution in [3.8, 4) is 0 Å². The maximum atomic E-state index is 11.2. The number of aromatic nitrogens is 4. The van der Waals surface area contributed by atoms with Crippen LogP contribution in [0.5, 0.6) is 0 Å². The topological polar surface area (TPSA) is 111 Å². The number of piperidine rings is 1. The fourth-order valence-corrected chi connectivity index (χ4v) is 4.72. The molecule has 3 heterocycles. The van der Waals surface area contributed by atoms with E-state index in [1.54, 1.807) is 6.33 Å². The number of amides is 1. The molecule has 9 nitrogen and oxygen atoms in total. The molecule has 1 aliphatic carbocycles. The average molecular weight is 449 g/mol. The highest BCUT2D eigenvalue weighted by atomic mass is 35.5. The molecule has 1 saturated heterocycles. The molecule has 31 heavy (non-hydrogen) atoms. The molecule has 4 N–H and O–H groups in total. The summed E-state index contributed by atoms with van der Waals surface area (Å²) in [6, 6.07) is 1.19. The Morgan fingerprint density at radius 3 is 2.71 bits per heavy atom. The first-order valence-corrected chi connectivity index (χ1v) is 12.0. The van der Waals surface area contributed by atoms with E-state index in [4.69, 9.17) is 16.6 Å². The third-order valence-corrected chi connectivity index (χ3v) is 6.57. The van der Waals surface area contributed by atoms with Gasteiger partial charge in [0.15, 0.2) is 11.5 Å². The lowest BCUT2D eigenvalue weighted by atomic mass is 9.92. The average Bonchev–Trinajstić information content (AvgIpc) is 3.29. The fraction of sp³-hybridized carbons (Fsp3) is 0.714. The van der Waals surface area contributed by atoms with Crippen molar-refractivity contribution in [2.75, 3.05) is 42.7 Å². The molecule has 4 rings (SSSR count). The standard InChI is InChI=1S/C21H33ClN8O/c22-13-17(31)23-9-4-10-24-21-28-19-18(25-14-26-19)20(29-21)27-15-7-11-30(12-8-15)16-5-2-1-3-6-16/h14-16H,1-13H2,(H,23,31)(H3,24,25,26,27,28,29). The molecule has 2 aromatic rings. The van der Waals surface area contributed by atoms with E-state index >= 15 is 0 Å². The number of aromatic amines is 1. The molecule has 0 unspecified atom stereocenters. The summed E-state index contributed by atoms with van der Waals surface area (Å²) in [7, 11) is 0. The van der Waals surface area contributed by atoms with E-state index in [0.717, 1.165) is 49.7 Å². The summed E-state index contributed by atoms with van der Waals surface area (Å²) in [5.41, 5.74) is 1.49. The van der Waals surface area contributed by atoms with E-state index in [2.05, 4.69) is 35.8 Å². The van der Waals surface area contributed by atoms with E-state index < -0.39 is 0 Å². The second kappa shape index (κ2) is 10.9. The number of rotatable bonds is 9. The quantitative estimate of drug-likeness (QED) is 0.344. The number of nitrogens with one attached hydrogen (secondary N) is 4. The number of anilines is 2. The SMILES string of the molecule is O=C(CCl)NCCCNc1nc(NC2CCN(C3CCCCC3)CC2)c2[nH]cnc2n1. The summed E-state index contributed by atoms with van der Waals surface area (Å²) in [4.78, 5) is 30.6. The van der Waals surface area contributed by atoms with Crippen molar-refractivity contribution in [2.24, 2.45) is 0 Å². The Morgan fingerprint density at radius 2 is 1.94 bits per heavy atom. The number of halogens is 1. The second-order valence-electron chi connectivity index (χ2n) is 8.51. The Bertz CT molecular complexity index is 845. The zero-order chi connectivity index (χ0) is 21.5. The van der Waals surface area contributed by atoms with E-state index in [9.17, 15) is 4.79 Å². The van der Waals surface area contributed by atoms with Crippen LogP contribution in [0.15, 0.2) is 6.33 Å². The summed E-state index contributed by atoms with van der Waals surface area (Å²) >= 11 is 5.48. The Balaban J connectivity index is 1.31. The molecule has 10 heteroatoms. The van der Waals surface area contributed by atoms with Crippen LogP contribution in [0, 0.1) is 0 Å². The molecule has 0 radical (unpaired) electrons. The van der Waals surface area contributed by atoms with Gasteiger partial charge in [0.1, 0.15) is 11.4 Å². The first-order valence-electron chi connectivity index (χ1n) is 11.5. The van der Waals surface area contributed by atoms with Gasteiger partial charge in [0, 0.05) is 38.3 Å². The zero-order valence-corrected chi connectivity index (χ0v) is 18.8. The van der Waals surface area contributed by atoms with Crippen LogP contribution >= 0.6 is 11.6 Å². The predicted molar refractivity (Wildman–Crippen MR) is 124 cm³/mol. The maximum Gasteiger partial charge on any atom is 0.234 e.